The normalized spacial score (nSPS) is 20.5. The number of para-hydroxylation sites is 1. The number of nitrogens with zero attached hydrogens (tertiary/aromatic N) is 3. The molecule has 0 radical (unpaired) electrons. The number of methoxy groups -OCH3 is 1. The minimum absolute atomic E-state index is 0.149. The van der Waals surface area contributed by atoms with Gasteiger partial charge in [-0.05, 0) is 56.0 Å². The second kappa shape index (κ2) is 8.35. The van der Waals surface area contributed by atoms with Crippen molar-refractivity contribution in [3.8, 4) is 5.75 Å². The van der Waals surface area contributed by atoms with Gasteiger partial charge in [-0.2, -0.15) is 0 Å². The first-order valence-electron chi connectivity index (χ1n) is 11.3. The molecule has 1 saturated heterocycles. The van der Waals surface area contributed by atoms with Crippen LogP contribution in [0.15, 0.2) is 42.5 Å². The van der Waals surface area contributed by atoms with Crippen molar-refractivity contribution in [3.05, 3.63) is 59.2 Å². The van der Waals surface area contributed by atoms with Crippen LogP contribution in [0.3, 0.4) is 0 Å². The van der Waals surface area contributed by atoms with Gasteiger partial charge in [-0.3, -0.25) is 19.4 Å². The van der Waals surface area contributed by atoms with Crippen LogP contribution in [0.2, 0.25) is 0 Å². The van der Waals surface area contributed by atoms with Crippen LogP contribution < -0.4 is 9.64 Å². The molecule has 31 heavy (non-hydrogen) atoms. The maximum Gasteiger partial charge on any atom is 0.261 e. The van der Waals surface area contributed by atoms with Crippen LogP contribution in [0.5, 0.6) is 5.75 Å². The lowest BCUT2D eigenvalue weighted by atomic mass is 9.93. The zero-order chi connectivity index (χ0) is 21.4. The average Bonchev–Trinajstić information content (AvgIpc) is 3.06. The summed E-state index contributed by atoms with van der Waals surface area (Å²) in [5.41, 5.74) is 3.75. The first-order valence-corrected chi connectivity index (χ1v) is 11.3. The van der Waals surface area contributed by atoms with E-state index in [0.29, 0.717) is 23.7 Å². The standard InChI is InChI=1S/C25H29N3O3/c1-31-22-10-6-7-18-11-12-19-17-26(15-16-27(19)23(18)22)13-4-5-14-28-24(29)20-8-2-3-9-21(20)25(28)30/h2-3,6-10,19H,4-5,11-17H2,1H3. The van der Waals surface area contributed by atoms with Crippen molar-refractivity contribution < 1.29 is 14.3 Å². The molecule has 1 fully saturated rings. The number of carbonyl (C=O) groups excluding carboxylic acids is 2. The number of rotatable bonds is 6. The summed E-state index contributed by atoms with van der Waals surface area (Å²) in [5, 5.41) is 0. The summed E-state index contributed by atoms with van der Waals surface area (Å²) in [6.45, 7) is 4.61. The number of anilines is 1. The van der Waals surface area contributed by atoms with E-state index in [4.69, 9.17) is 4.74 Å². The average molecular weight is 420 g/mol. The Labute approximate surface area is 183 Å². The van der Waals surface area contributed by atoms with Gasteiger partial charge in [0.2, 0.25) is 0 Å². The van der Waals surface area contributed by atoms with Crippen LogP contribution >= 0.6 is 0 Å². The van der Waals surface area contributed by atoms with Crippen molar-refractivity contribution in [2.75, 3.05) is 44.7 Å². The van der Waals surface area contributed by atoms with Gasteiger partial charge in [0.25, 0.3) is 11.8 Å². The van der Waals surface area contributed by atoms with Crippen LogP contribution in [0.25, 0.3) is 0 Å². The van der Waals surface area contributed by atoms with E-state index in [1.807, 2.05) is 12.1 Å². The number of amides is 2. The van der Waals surface area contributed by atoms with Crippen molar-refractivity contribution in [2.45, 2.75) is 31.7 Å². The maximum absolute atomic E-state index is 12.5. The van der Waals surface area contributed by atoms with Gasteiger partial charge in [0.1, 0.15) is 5.75 Å². The van der Waals surface area contributed by atoms with E-state index in [0.717, 1.165) is 51.2 Å². The Kier molecular flexibility index (Phi) is 5.40. The first-order chi connectivity index (χ1) is 15.2. The van der Waals surface area contributed by atoms with Crippen LogP contribution in [0, 0.1) is 0 Å². The zero-order valence-electron chi connectivity index (χ0n) is 18.0. The molecular weight excluding hydrogens is 390 g/mol. The van der Waals surface area contributed by atoms with Crippen molar-refractivity contribution >= 4 is 17.5 Å². The van der Waals surface area contributed by atoms with E-state index in [1.54, 1.807) is 19.2 Å². The molecule has 1 atom stereocenters. The SMILES string of the molecule is COc1cccc2c1N1CCN(CCCCN3C(=O)c4ccccc4C3=O)CC1CC2. The van der Waals surface area contributed by atoms with Gasteiger partial charge in [-0.15, -0.1) is 0 Å². The fourth-order valence-corrected chi connectivity index (χ4v) is 5.29. The summed E-state index contributed by atoms with van der Waals surface area (Å²) in [6.07, 6.45) is 4.10. The minimum Gasteiger partial charge on any atom is -0.495 e. The molecule has 0 aromatic heterocycles. The molecule has 2 aromatic carbocycles. The molecule has 0 bridgehead atoms. The lowest BCUT2D eigenvalue weighted by molar-refractivity contribution is 0.0650. The van der Waals surface area contributed by atoms with Gasteiger partial charge in [0.05, 0.1) is 23.9 Å². The number of aryl methyl sites for hydroxylation is 1. The van der Waals surface area contributed by atoms with Crippen molar-refractivity contribution in [1.82, 2.24) is 9.80 Å². The molecule has 0 saturated carbocycles. The molecule has 6 heteroatoms. The Bertz CT molecular complexity index is 956. The Hall–Kier alpha value is -2.86. The van der Waals surface area contributed by atoms with Gasteiger partial charge in [-0.1, -0.05) is 24.3 Å². The number of piperazine rings is 1. The minimum atomic E-state index is -0.149. The molecule has 5 rings (SSSR count). The second-order valence-corrected chi connectivity index (χ2v) is 8.67. The second-order valence-electron chi connectivity index (χ2n) is 8.67. The predicted octanol–water partition coefficient (Wildman–Crippen LogP) is 3.21. The Balaban J connectivity index is 1.13. The maximum atomic E-state index is 12.5. The van der Waals surface area contributed by atoms with Crippen LogP contribution in [-0.4, -0.2) is 67.5 Å². The summed E-state index contributed by atoms with van der Waals surface area (Å²) in [5.74, 6) is 0.685. The van der Waals surface area contributed by atoms with E-state index in [2.05, 4.69) is 28.0 Å². The van der Waals surface area contributed by atoms with Gasteiger partial charge < -0.3 is 9.64 Å². The third-order valence-corrected chi connectivity index (χ3v) is 6.89. The number of carbonyl (C=O) groups is 2. The van der Waals surface area contributed by atoms with E-state index >= 15 is 0 Å². The zero-order valence-corrected chi connectivity index (χ0v) is 18.0. The smallest absolute Gasteiger partial charge is 0.261 e. The lowest BCUT2D eigenvalue weighted by Crippen LogP contribution is -2.55. The van der Waals surface area contributed by atoms with Crippen molar-refractivity contribution in [1.29, 1.82) is 0 Å². The van der Waals surface area contributed by atoms with Gasteiger partial charge >= 0.3 is 0 Å². The largest absolute Gasteiger partial charge is 0.495 e. The fourth-order valence-electron chi connectivity index (χ4n) is 5.29. The molecule has 3 heterocycles. The van der Waals surface area contributed by atoms with Crippen LogP contribution in [0.4, 0.5) is 5.69 Å². The fraction of sp³-hybridized carbons (Fsp3) is 0.440. The van der Waals surface area contributed by atoms with E-state index in [-0.39, 0.29) is 11.8 Å². The highest BCUT2D eigenvalue weighted by atomic mass is 16.5. The Morgan fingerprint density at radius 1 is 0.935 bits per heavy atom. The third-order valence-electron chi connectivity index (χ3n) is 6.89. The number of fused-ring (bicyclic) bond motifs is 4. The number of hydrogen-bond donors (Lipinski definition) is 0. The molecule has 0 spiro atoms. The molecule has 3 aliphatic heterocycles. The molecule has 0 aliphatic carbocycles. The van der Waals surface area contributed by atoms with E-state index in [1.165, 1.54) is 22.6 Å². The number of unbranched alkanes of at least 4 members (excludes halogenated alkanes) is 1. The molecule has 162 valence electrons. The van der Waals surface area contributed by atoms with Crippen LogP contribution in [-0.2, 0) is 6.42 Å². The summed E-state index contributed by atoms with van der Waals surface area (Å²) in [7, 11) is 1.75. The predicted molar refractivity (Wildman–Crippen MR) is 120 cm³/mol. The van der Waals surface area contributed by atoms with Gasteiger partial charge in [0.15, 0.2) is 0 Å². The molecule has 0 N–H and O–H groups in total. The molecule has 3 aliphatic rings. The summed E-state index contributed by atoms with van der Waals surface area (Å²) in [6, 6.07) is 14.0. The summed E-state index contributed by atoms with van der Waals surface area (Å²) >= 11 is 0. The topological polar surface area (TPSA) is 53.1 Å². The number of ether oxygens (including phenoxy) is 1. The van der Waals surface area contributed by atoms with E-state index in [9.17, 15) is 9.59 Å². The van der Waals surface area contributed by atoms with Gasteiger partial charge in [-0.25, -0.2) is 0 Å². The number of imide groups is 1. The van der Waals surface area contributed by atoms with Crippen molar-refractivity contribution in [2.24, 2.45) is 0 Å². The lowest BCUT2D eigenvalue weighted by Gasteiger charge is -2.46. The number of hydrogen-bond acceptors (Lipinski definition) is 5. The monoisotopic (exact) mass is 419 g/mol. The quantitative estimate of drug-likeness (QED) is 0.532. The third kappa shape index (κ3) is 3.59. The highest BCUT2D eigenvalue weighted by Gasteiger charge is 2.35. The molecule has 2 amide bonds. The van der Waals surface area contributed by atoms with Crippen LogP contribution in [0.1, 0.15) is 45.5 Å². The Morgan fingerprint density at radius 2 is 1.68 bits per heavy atom. The highest BCUT2D eigenvalue weighted by molar-refractivity contribution is 6.21. The first kappa shape index (κ1) is 20.1. The summed E-state index contributed by atoms with van der Waals surface area (Å²) in [4.78, 5) is 31.5. The molecular formula is C25H29N3O3. The highest BCUT2D eigenvalue weighted by Crippen LogP contribution is 2.39. The van der Waals surface area contributed by atoms with Crippen molar-refractivity contribution in [3.63, 3.8) is 0 Å². The summed E-state index contributed by atoms with van der Waals surface area (Å²) < 4.78 is 5.64. The Morgan fingerprint density at radius 3 is 2.42 bits per heavy atom. The molecule has 1 unspecified atom stereocenters. The van der Waals surface area contributed by atoms with E-state index < -0.39 is 0 Å². The van der Waals surface area contributed by atoms with Gasteiger partial charge in [0, 0.05) is 32.2 Å². The number of benzene rings is 2. The molecule has 6 nitrogen and oxygen atoms in total. The molecule has 2 aromatic rings.